The van der Waals surface area contributed by atoms with Crippen molar-refractivity contribution in [1.29, 1.82) is 0 Å². The number of amides is 1. The third-order valence-electron chi connectivity index (χ3n) is 3.80. The average molecular weight is 371 g/mol. The maximum absolute atomic E-state index is 12.1. The first kappa shape index (κ1) is 17.6. The summed E-state index contributed by atoms with van der Waals surface area (Å²) in [6.45, 7) is 0.676. The van der Waals surface area contributed by atoms with Crippen molar-refractivity contribution in [2.75, 3.05) is 6.54 Å². The second-order valence-electron chi connectivity index (χ2n) is 5.74. The van der Waals surface area contributed by atoms with Crippen LogP contribution in [0.3, 0.4) is 0 Å². The molecule has 3 rings (SSSR count). The molecule has 1 heterocycles. The van der Waals surface area contributed by atoms with Gasteiger partial charge < -0.3 is 5.32 Å². The fourth-order valence-corrected chi connectivity index (χ4v) is 3.68. The second kappa shape index (κ2) is 8.79. The van der Waals surface area contributed by atoms with Crippen molar-refractivity contribution in [1.82, 2.24) is 10.3 Å². The van der Waals surface area contributed by atoms with Gasteiger partial charge in [0.2, 0.25) is 5.91 Å². The Morgan fingerprint density at radius 1 is 1.08 bits per heavy atom. The van der Waals surface area contributed by atoms with Crippen LogP contribution in [0.2, 0.25) is 5.02 Å². The predicted molar refractivity (Wildman–Crippen MR) is 104 cm³/mol. The van der Waals surface area contributed by atoms with Gasteiger partial charge in [0.25, 0.3) is 0 Å². The Hall–Kier alpha value is -2.17. The van der Waals surface area contributed by atoms with E-state index in [1.165, 1.54) is 16.9 Å². The molecule has 128 valence electrons. The minimum Gasteiger partial charge on any atom is -0.356 e. The van der Waals surface area contributed by atoms with Crippen molar-refractivity contribution >= 4 is 28.8 Å². The van der Waals surface area contributed by atoms with Crippen LogP contribution in [0.15, 0.2) is 60.0 Å². The van der Waals surface area contributed by atoms with Gasteiger partial charge >= 0.3 is 0 Å². The van der Waals surface area contributed by atoms with Gasteiger partial charge in [-0.3, -0.25) is 4.79 Å². The van der Waals surface area contributed by atoms with Crippen molar-refractivity contribution in [2.45, 2.75) is 19.3 Å². The lowest BCUT2D eigenvalue weighted by atomic mass is 10.1. The number of carbonyl (C=O) groups is 1. The SMILES string of the molecule is O=C(Cc1csc(-c2ccccc2Cl)n1)NCCCc1ccccc1. The van der Waals surface area contributed by atoms with Crippen LogP contribution in [0, 0.1) is 0 Å². The molecule has 0 unspecified atom stereocenters. The lowest BCUT2D eigenvalue weighted by molar-refractivity contribution is -0.120. The van der Waals surface area contributed by atoms with Crippen molar-refractivity contribution < 1.29 is 4.79 Å². The third-order valence-corrected chi connectivity index (χ3v) is 5.06. The molecule has 0 aliphatic heterocycles. The van der Waals surface area contributed by atoms with Crippen LogP contribution in [0.4, 0.5) is 0 Å². The molecule has 0 bridgehead atoms. The summed E-state index contributed by atoms with van der Waals surface area (Å²) in [5.41, 5.74) is 2.98. The molecule has 5 heteroatoms. The smallest absolute Gasteiger partial charge is 0.226 e. The van der Waals surface area contributed by atoms with Crippen molar-refractivity contribution in [2.24, 2.45) is 0 Å². The van der Waals surface area contributed by atoms with Gasteiger partial charge in [-0.05, 0) is 24.5 Å². The Labute approximate surface area is 156 Å². The third kappa shape index (κ3) is 5.15. The molecule has 0 atom stereocenters. The lowest BCUT2D eigenvalue weighted by Crippen LogP contribution is -2.26. The normalized spacial score (nSPS) is 10.6. The average Bonchev–Trinajstić information content (AvgIpc) is 3.08. The first-order valence-corrected chi connectivity index (χ1v) is 9.48. The van der Waals surface area contributed by atoms with E-state index in [0.29, 0.717) is 18.0 Å². The van der Waals surface area contributed by atoms with E-state index in [-0.39, 0.29) is 5.91 Å². The molecule has 0 spiro atoms. The molecule has 3 aromatic rings. The Bertz CT molecular complexity index is 832. The molecule has 3 nitrogen and oxygen atoms in total. The number of nitrogens with one attached hydrogen (secondary N) is 1. The zero-order chi connectivity index (χ0) is 17.5. The van der Waals surface area contributed by atoms with E-state index < -0.39 is 0 Å². The number of hydrogen-bond acceptors (Lipinski definition) is 3. The Kier molecular flexibility index (Phi) is 6.20. The van der Waals surface area contributed by atoms with Crippen LogP contribution in [-0.2, 0) is 17.6 Å². The molecular weight excluding hydrogens is 352 g/mol. The zero-order valence-electron chi connectivity index (χ0n) is 13.7. The number of hydrogen-bond donors (Lipinski definition) is 1. The summed E-state index contributed by atoms with van der Waals surface area (Å²) in [5.74, 6) is 0.00377. The highest BCUT2D eigenvalue weighted by atomic mass is 35.5. The maximum Gasteiger partial charge on any atom is 0.226 e. The second-order valence-corrected chi connectivity index (χ2v) is 7.01. The number of nitrogens with zero attached hydrogens (tertiary/aromatic N) is 1. The van der Waals surface area contributed by atoms with Gasteiger partial charge in [0, 0.05) is 17.5 Å². The number of halogens is 1. The summed E-state index contributed by atoms with van der Waals surface area (Å²) >= 11 is 7.71. The molecule has 0 fully saturated rings. The van der Waals surface area contributed by atoms with Crippen LogP contribution >= 0.6 is 22.9 Å². The van der Waals surface area contributed by atoms with Crippen LogP contribution in [0.5, 0.6) is 0 Å². The molecule has 2 aromatic carbocycles. The molecule has 0 saturated carbocycles. The molecule has 1 N–H and O–H groups in total. The molecule has 25 heavy (non-hydrogen) atoms. The molecule has 1 amide bonds. The number of thiazole rings is 1. The summed E-state index contributed by atoms with van der Waals surface area (Å²) in [6.07, 6.45) is 2.19. The van der Waals surface area contributed by atoms with Gasteiger partial charge in [-0.25, -0.2) is 4.98 Å². The predicted octanol–water partition coefficient (Wildman–Crippen LogP) is 4.76. The lowest BCUT2D eigenvalue weighted by Gasteiger charge is -2.04. The number of benzene rings is 2. The van der Waals surface area contributed by atoms with Crippen LogP contribution < -0.4 is 5.32 Å². The van der Waals surface area contributed by atoms with E-state index >= 15 is 0 Å². The highest BCUT2D eigenvalue weighted by Gasteiger charge is 2.10. The van der Waals surface area contributed by atoms with E-state index in [2.05, 4.69) is 22.4 Å². The van der Waals surface area contributed by atoms with Crippen LogP contribution in [-0.4, -0.2) is 17.4 Å². The fourth-order valence-electron chi connectivity index (χ4n) is 2.54. The van der Waals surface area contributed by atoms with Gasteiger partial charge in [-0.2, -0.15) is 0 Å². The highest BCUT2D eigenvalue weighted by molar-refractivity contribution is 7.13. The molecular formula is C20H19ClN2OS. The Morgan fingerprint density at radius 2 is 1.84 bits per heavy atom. The number of rotatable bonds is 7. The van der Waals surface area contributed by atoms with E-state index in [4.69, 9.17) is 11.6 Å². The van der Waals surface area contributed by atoms with Crippen molar-refractivity contribution in [3.8, 4) is 10.6 Å². The molecule has 0 aliphatic rings. The Morgan fingerprint density at radius 3 is 2.64 bits per heavy atom. The number of carbonyl (C=O) groups excluding carboxylic acids is 1. The monoisotopic (exact) mass is 370 g/mol. The summed E-state index contributed by atoms with van der Waals surface area (Å²) in [6, 6.07) is 17.9. The van der Waals surface area contributed by atoms with Gasteiger partial charge in [0.05, 0.1) is 17.1 Å². The van der Waals surface area contributed by atoms with E-state index in [0.717, 1.165) is 29.1 Å². The molecule has 0 aliphatic carbocycles. The topological polar surface area (TPSA) is 42.0 Å². The molecule has 0 saturated heterocycles. The van der Waals surface area contributed by atoms with Gasteiger partial charge in [-0.1, -0.05) is 60.1 Å². The van der Waals surface area contributed by atoms with E-state index in [1.54, 1.807) is 0 Å². The largest absolute Gasteiger partial charge is 0.356 e. The van der Waals surface area contributed by atoms with Crippen molar-refractivity contribution in [3.05, 3.63) is 76.3 Å². The summed E-state index contributed by atoms with van der Waals surface area (Å²) in [7, 11) is 0. The quantitative estimate of drug-likeness (QED) is 0.609. The molecule has 0 radical (unpaired) electrons. The van der Waals surface area contributed by atoms with Gasteiger partial charge in [-0.15, -0.1) is 11.3 Å². The fraction of sp³-hybridized carbons (Fsp3) is 0.200. The maximum atomic E-state index is 12.1. The van der Waals surface area contributed by atoms with E-state index in [1.807, 2.05) is 47.8 Å². The summed E-state index contributed by atoms with van der Waals surface area (Å²) < 4.78 is 0. The van der Waals surface area contributed by atoms with Crippen LogP contribution in [0.1, 0.15) is 17.7 Å². The van der Waals surface area contributed by atoms with Crippen LogP contribution in [0.25, 0.3) is 10.6 Å². The van der Waals surface area contributed by atoms with Gasteiger partial charge in [0.1, 0.15) is 5.01 Å². The molecule has 1 aromatic heterocycles. The number of aromatic nitrogens is 1. The van der Waals surface area contributed by atoms with Crippen molar-refractivity contribution in [3.63, 3.8) is 0 Å². The Balaban J connectivity index is 1.46. The number of aryl methyl sites for hydroxylation is 1. The van der Waals surface area contributed by atoms with Gasteiger partial charge in [0.15, 0.2) is 0 Å². The first-order valence-electron chi connectivity index (χ1n) is 8.22. The summed E-state index contributed by atoms with van der Waals surface area (Å²) in [4.78, 5) is 16.6. The standard InChI is InChI=1S/C20H19ClN2OS/c21-18-11-5-4-10-17(18)20-23-16(14-25-20)13-19(24)22-12-6-9-15-7-2-1-3-8-15/h1-5,7-8,10-11,14H,6,9,12-13H2,(H,22,24). The minimum absolute atomic E-state index is 0.00377. The zero-order valence-corrected chi connectivity index (χ0v) is 15.3. The summed E-state index contributed by atoms with van der Waals surface area (Å²) in [5, 5.41) is 6.40. The first-order chi connectivity index (χ1) is 12.2. The van der Waals surface area contributed by atoms with E-state index in [9.17, 15) is 4.79 Å². The highest BCUT2D eigenvalue weighted by Crippen LogP contribution is 2.30. The minimum atomic E-state index is 0.00377.